The van der Waals surface area contributed by atoms with Crippen LogP contribution in [0, 0.1) is 24.5 Å². The first-order chi connectivity index (χ1) is 20.0. The third-order valence-electron chi connectivity index (χ3n) is 9.52. The van der Waals surface area contributed by atoms with E-state index in [9.17, 15) is 14.0 Å². The molecule has 2 unspecified atom stereocenters. The lowest BCUT2D eigenvalue weighted by Crippen LogP contribution is -2.54. The fraction of sp³-hybridized carbons (Fsp3) is 0.606. The van der Waals surface area contributed by atoms with Crippen molar-refractivity contribution in [2.75, 3.05) is 26.2 Å². The minimum Gasteiger partial charge on any atom is -0.358 e. The monoisotopic (exact) mass is 616 g/mol. The van der Waals surface area contributed by atoms with E-state index in [-0.39, 0.29) is 17.4 Å². The molecule has 0 radical (unpaired) electrons. The topological polar surface area (TPSA) is 74.8 Å². The van der Waals surface area contributed by atoms with Gasteiger partial charge in [0.25, 0.3) is 0 Å². The second-order valence-electron chi connectivity index (χ2n) is 14.0. The van der Waals surface area contributed by atoms with Crippen molar-refractivity contribution in [1.29, 1.82) is 0 Å². The summed E-state index contributed by atoms with van der Waals surface area (Å²) < 4.78 is 35.7. The molecule has 4 heterocycles. The molecule has 1 spiro atoms. The number of aromatic nitrogens is 1. The average molecular weight is 617 g/mol. The van der Waals surface area contributed by atoms with Crippen molar-refractivity contribution in [3.63, 3.8) is 0 Å². The number of nitrogens with zero attached hydrogens (tertiary/aromatic N) is 3. The summed E-state index contributed by atoms with van der Waals surface area (Å²) in [6.07, 6.45) is 1.18. The summed E-state index contributed by atoms with van der Waals surface area (Å²) in [6.45, 7) is 15.7. The van der Waals surface area contributed by atoms with Crippen LogP contribution in [-0.4, -0.2) is 63.9 Å². The molecule has 43 heavy (non-hydrogen) atoms. The number of likely N-dealkylation sites (tertiary alicyclic amines) is 2. The third kappa shape index (κ3) is 6.05. The molecule has 2 fully saturated rings. The van der Waals surface area contributed by atoms with Gasteiger partial charge in [-0.1, -0.05) is 17.7 Å². The minimum absolute atomic E-state index is 0.00859. The maximum atomic E-state index is 15.1. The fourth-order valence-corrected chi connectivity index (χ4v) is 7.37. The van der Waals surface area contributed by atoms with Gasteiger partial charge in [-0.3, -0.25) is 19.5 Å². The van der Waals surface area contributed by atoms with Gasteiger partial charge in [-0.25, -0.2) is 8.78 Å². The molecule has 1 aromatic heterocycles. The number of pyridine rings is 1. The van der Waals surface area contributed by atoms with Gasteiger partial charge < -0.3 is 15.0 Å². The molecule has 1 aromatic carbocycles. The van der Waals surface area contributed by atoms with Gasteiger partial charge in [-0.15, -0.1) is 0 Å². The van der Waals surface area contributed by atoms with E-state index in [1.165, 1.54) is 19.1 Å². The Kier molecular flexibility index (Phi) is 8.42. The number of halogens is 3. The van der Waals surface area contributed by atoms with Crippen LogP contribution in [0.15, 0.2) is 24.3 Å². The van der Waals surface area contributed by atoms with E-state index in [1.54, 1.807) is 0 Å². The van der Waals surface area contributed by atoms with Crippen molar-refractivity contribution < 1.29 is 23.1 Å². The summed E-state index contributed by atoms with van der Waals surface area (Å²) in [5, 5.41) is 3.55. The molecule has 2 amide bonds. The van der Waals surface area contributed by atoms with Crippen molar-refractivity contribution in [2.24, 2.45) is 5.92 Å². The number of ether oxygens (including phenoxy) is 1. The van der Waals surface area contributed by atoms with Crippen LogP contribution in [-0.2, 0) is 19.9 Å². The number of carbonyl (C=O) groups excluding carboxylic acids is 2. The molecule has 0 aliphatic carbocycles. The number of carbonyl (C=O) groups is 2. The van der Waals surface area contributed by atoms with Crippen LogP contribution in [0.3, 0.4) is 0 Å². The summed E-state index contributed by atoms with van der Waals surface area (Å²) in [5.41, 5.74) is 1.17. The van der Waals surface area contributed by atoms with Crippen LogP contribution in [0.2, 0.25) is 5.02 Å². The van der Waals surface area contributed by atoms with Crippen LogP contribution in [0.5, 0.6) is 0 Å². The van der Waals surface area contributed by atoms with Gasteiger partial charge >= 0.3 is 0 Å². The first-order valence-corrected chi connectivity index (χ1v) is 15.5. The van der Waals surface area contributed by atoms with E-state index in [4.69, 9.17) is 21.3 Å². The Bertz CT molecular complexity index is 1420. The maximum absolute atomic E-state index is 15.1. The third-order valence-corrected chi connectivity index (χ3v) is 9.90. The quantitative estimate of drug-likeness (QED) is 0.454. The first kappa shape index (κ1) is 31.8. The molecule has 5 rings (SSSR count). The summed E-state index contributed by atoms with van der Waals surface area (Å²) in [4.78, 5) is 35.2. The van der Waals surface area contributed by atoms with Gasteiger partial charge in [0.1, 0.15) is 23.3 Å². The summed E-state index contributed by atoms with van der Waals surface area (Å²) in [6, 6.07) is 5.57. The van der Waals surface area contributed by atoms with Crippen LogP contribution >= 0.6 is 11.6 Å². The van der Waals surface area contributed by atoms with Gasteiger partial charge in [0.05, 0.1) is 21.9 Å². The molecule has 7 nitrogen and oxygen atoms in total. The predicted molar refractivity (Wildman–Crippen MR) is 162 cm³/mol. The van der Waals surface area contributed by atoms with Crippen LogP contribution in [0.1, 0.15) is 95.3 Å². The number of rotatable bonds is 4. The Morgan fingerprint density at radius 2 is 1.74 bits per heavy atom. The number of aryl methyl sites for hydroxylation is 1. The molecule has 3 aliphatic heterocycles. The number of benzene rings is 1. The second-order valence-corrected chi connectivity index (χ2v) is 14.4. The van der Waals surface area contributed by atoms with E-state index in [1.807, 2.05) is 31.7 Å². The van der Waals surface area contributed by atoms with Gasteiger partial charge in [0.15, 0.2) is 0 Å². The highest BCUT2D eigenvalue weighted by Crippen LogP contribution is 2.53. The lowest BCUT2D eigenvalue weighted by Gasteiger charge is -2.47. The fourth-order valence-electron chi connectivity index (χ4n) is 7.21. The molecular formula is C33H43ClF2N4O3. The highest BCUT2D eigenvalue weighted by molar-refractivity contribution is 6.31. The molecule has 3 atom stereocenters. The average Bonchev–Trinajstić information content (AvgIpc) is 3.21. The molecule has 2 aromatic rings. The van der Waals surface area contributed by atoms with Gasteiger partial charge in [-0.2, -0.15) is 0 Å². The highest BCUT2D eigenvalue weighted by atomic mass is 35.5. The standard InChI is InChI=1S/C33H43ClF2N4O3/c1-19-26(34)17-24-28(37-19)33(43-29(24)32(6,7)38-20(2)41)11-14-39(15-12-33)30(42)23-10-13-40(31(3,4)5)18-25(23)22-9-8-21(35)16-27(22)36/h8-9,16-17,23,25,29H,10-15,18H2,1-7H3,(H,38,41)/t23?,25-,29?/m0/s1. The zero-order chi connectivity index (χ0) is 31.5. The Hall–Kier alpha value is -2.62. The molecule has 10 heteroatoms. The van der Waals surface area contributed by atoms with Crippen molar-refractivity contribution in [3.05, 3.63) is 63.4 Å². The SMILES string of the molecule is CC(=O)NC(C)(C)C1OC2(CCN(C(=O)C3CCN(C(C)(C)C)C[C@H]3c3ccc(F)cc3F)CC2)c2nc(C)c(Cl)cc21. The Morgan fingerprint density at radius 3 is 2.35 bits per heavy atom. The number of piperidine rings is 2. The molecule has 3 aliphatic rings. The van der Waals surface area contributed by atoms with Gasteiger partial charge in [-0.05, 0) is 85.0 Å². The van der Waals surface area contributed by atoms with Crippen molar-refractivity contribution in [1.82, 2.24) is 20.1 Å². The maximum Gasteiger partial charge on any atom is 0.226 e. The summed E-state index contributed by atoms with van der Waals surface area (Å²) in [7, 11) is 0. The van der Waals surface area contributed by atoms with Gasteiger partial charge in [0.2, 0.25) is 11.8 Å². The van der Waals surface area contributed by atoms with Crippen LogP contribution < -0.4 is 5.32 Å². The minimum atomic E-state index is -0.722. The smallest absolute Gasteiger partial charge is 0.226 e. The number of amides is 2. The van der Waals surface area contributed by atoms with Gasteiger partial charge in [0, 0.05) is 55.6 Å². The number of hydrogen-bond acceptors (Lipinski definition) is 5. The molecule has 1 N–H and O–H groups in total. The first-order valence-electron chi connectivity index (χ1n) is 15.2. The summed E-state index contributed by atoms with van der Waals surface area (Å²) in [5.74, 6) is -2.22. The summed E-state index contributed by atoms with van der Waals surface area (Å²) >= 11 is 6.50. The lowest BCUT2D eigenvalue weighted by molar-refractivity contribution is -0.156. The molecule has 2 saturated heterocycles. The Morgan fingerprint density at radius 1 is 1.07 bits per heavy atom. The van der Waals surface area contributed by atoms with Crippen LogP contribution in [0.25, 0.3) is 0 Å². The zero-order valence-corrected chi connectivity index (χ0v) is 26.9. The predicted octanol–water partition coefficient (Wildman–Crippen LogP) is 6.03. The number of fused-ring (bicyclic) bond motifs is 2. The highest BCUT2D eigenvalue weighted by Gasteiger charge is 2.53. The number of nitrogens with one attached hydrogen (secondary N) is 1. The normalized spacial score (nSPS) is 24.2. The Balaban J connectivity index is 1.40. The molecular weight excluding hydrogens is 574 g/mol. The molecule has 0 bridgehead atoms. The van der Waals surface area contributed by atoms with E-state index in [0.29, 0.717) is 55.2 Å². The van der Waals surface area contributed by atoms with Crippen molar-refractivity contribution >= 4 is 23.4 Å². The second kappa shape index (κ2) is 11.4. The molecule has 0 saturated carbocycles. The number of hydrogen-bond donors (Lipinski definition) is 1. The van der Waals surface area contributed by atoms with E-state index < -0.39 is 40.7 Å². The van der Waals surface area contributed by atoms with Crippen LogP contribution in [0.4, 0.5) is 8.78 Å². The largest absolute Gasteiger partial charge is 0.358 e. The van der Waals surface area contributed by atoms with Crippen molar-refractivity contribution in [3.8, 4) is 0 Å². The zero-order valence-electron chi connectivity index (χ0n) is 26.2. The van der Waals surface area contributed by atoms with E-state index >= 15 is 4.39 Å². The Labute approximate surface area is 258 Å². The molecule has 234 valence electrons. The van der Waals surface area contributed by atoms with E-state index in [0.717, 1.165) is 23.9 Å². The van der Waals surface area contributed by atoms with E-state index in [2.05, 4.69) is 31.0 Å². The lowest BCUT2D eigenvalue weighted by atomic mass is 9.77. The van der Waals surface area contributed by atoms with Crippen molar-refractivity contribution in [2.45, 2.75) is 96.4 Å².